The predicted molar refractivity (Wildman–Crippen MR) is 122 cm³/mol. The molecule has 0 radical (unpaired) electrons. The number of ether oxygens (including phenoxy) is 1. The van der Waals surface area contributed by atoms with Crippen LogP contribution in [0.5, 0.6) is 5.75 Å². The van der Waals surface area contributed by atoms with Gasteiger partial charge in [-0.05, 0) is 36.8 Å². The van der Waals surface area contributed by atoms with E-state index in [0.29, 0.717) is 44.8 Å². The number of nitrogens with one attached hydrogen (secondary N) is 1. The van der Waals surface area contributed by atoms with E-state index in [1.807, 2.05) is 19.1 Å². The summed E-state index contributed by atoms with van der Waals surface area (Å²) in [5.74, 6) is 0.899. The van der Waals surface area contributed by atoms with Crippen LogP contribution in [0.3, 0.4) is 0 Å². The number of halogens is 1. The highest BCUT2D eigenvalue weighted by Gasteiger charge is 2.18. The van der Waals surface area contributed by atoms with Crippen molar-refractivity contribution < 1.29 is 9.53 Å². The number of carbonyl (C=O) groups excluding carboxylic acids is 1. The van der Waals surface area contributed by atoms with Crippen molar-refractivity contribution in [1.82, 2.24) is 19.2 Å². The molecule has 0 fully saturated rings. The van der Waals surface area contributed by atoms with Crippen LogP contribution in [0.4, 0.5) is 5.69 Å². The third kappa shape index (κ3) is 4.11. The zero-order valence-corrected chi connectivity index (χ0v) is 18.5. The van der Waals surface area contributed by atoms with Crippen molar-refractivity contribution in [2.45, 2.75) is 25.0 Å². The maximum absolute atomic E-state index is 12.9. The molecule has 8 nitrogen and oxygen atoms in total. The standard InChI is InChI=1S/C21H20ClN5O3S/c1-3-10-26-19(29)14-9-8-13(22)11-16(14)27-20(26)24-25-21(27)31-12-18(28)23-15-6-4-5-7-17(15)30-2/h4-9,11H,3,10,12H2,1-2H3,(H,23,28). The highest BCUT2D eigenvalue weighted by Crippen LogP contribution is 2.26. The second kappa shape index (κ2) is 8.99. The molecule has 160 valence electrons. The average molecular weight is 458 g/mol. The molecule has 0 aliphatic carbocycles. The zero-order chi connectivity index (χ0) is 22.0. The van der Waals surface area contributed by atoms with Crippen molar-refractivity contribution in [3.05, 3.63) is 57.8 Å². The van der Waals surface area contributed by atoms with Gasteiger partial charge in [0.15, 0.2) is 5.16 Å². The van der Waals surface area contributed by atoms with Crippen LogP contribution in [0.25, 0.3) is 16.7 Å². The van der Waals surface area contributed by atoms with Gasteiger partial charge in [-0.25, -0.2) is 0 Å². The van der Waals surface area contributed by atoms with Gasteiger partial charge >= 0.3 is 0 Å². The smallest absolute Gasteiger partial charge is 0.262 e. The van der Waals surface area contributed by atoms with Crippen molar-refractivity contribution in [3.8, 4) is 5.75 Å². The summed E-state index contributed by atoms with van der Waals surface area (Å²) in [7, 11) is 1.55. The second-order valence-electron chi connectivity index (χ2n) is 6.77. The van der Waals surface area contributed by atoms with Gasteiger partial charge < -0.3 is 10.1 Å². The van der Waals surface area contributed by atoms with E-state index in [9.17, 15) is 9.59 Å². The molecule has 2 heterocycles. The summed E-state index contributed by atoms with van der Waals surface area (Å²) < 4.78 is 8.64. The SMILES string of the molecule is CCCn1c(=O)c2ccc(Cl)cc2n2c(SCC(=O)Nc3ccccc3OC)nnc12. The first-order valence-corrected chi connectivity index (χ1v) is 11.0. The van der Waals surface area contributed by atoms with Crippen molar-refractivity contribution in [1.29, 1.82) is 0 Å². The first-order valence-electron chi connectivity index (χ1n) is 9.66. The van der Waals surface area contributed by atoms with Crippen molar-refractivity contribution >= 4 is 51.6 Å². The van der Waals surface area contributed by atoms with Gasteiger partial charge in [-0.3, -0.25) is 18.6 Å². The Hall–Kier alpha value is -3.04. The molecule has 0 atom stereocenters. The molecule has 0 unspecified atom stereocenters. The average Bonchev–Trinajstić information content (AvgIpc) is 3.19. The monoisotopic (exact) mass is 457 g/mol. The number of rotatable bonds is 7. The Morgan fingerprint density at radius 3 is 2.81 bits per heavy atom. The van der Waals surface area contributed by atoms with Crippen LogP contribution in [0.15, 0.2) is 52.4 Å². The molecule has 31 heavy (non-hydrogen) atoms. The van der Waals surface area contributed by atoms with E-state index in [4.69, 9.17) is 16.3 Å². The number of benzene rings is 2. The van der Waals surface area contributed by atoms with E-state index in [0.717, 1.165) is 6.42 Å². The third-order valence-corrected chi connectivity index (χ3v) is 5.86. The molecular formula is C21H20ClN5O3S. The number of thioether (sulfide) groups is 1. The molecule has 0 aliphatic rings. The summed E-state index contributed by atoms with van der Waals surface area (Å²) in [5, 5.41) is 12.8. The van der Waals surface area contributed by atoms with E-state index in [1.54, 1.807) is 46.4 Å². The molecule has 0 spiro atoms. The van der Waals surface area contributed by atoms with Crippen LogP contribution in [0, 0.1) is 0 Å². The fraction of sp³-hybridized carbons (Fsp3) is 0.238. The van der Waals surface area contributed by atoms with Gasteiger partial charge in [0.2, 0.25) is 11.7 Å². The van der Waals surface area contributed by atoms with E-state index in [1.165, 1.54) is 11.8 Å². The summed E-state index contributed by atoms with van der Waals surface area (Å²) >= 11 is 7.42. The molecule has 2 aromatic heterocycles. The molecule has 1 N–H and O–H groups in total. The number of aromatic nitrogens is 4. The van der Waals surface area contributed by atoms with E-state index >= 15 is 0 Å². The van der Waals surface area contributed by atoms with Crippen LogP contribution < -0.4 is 15.6 Å². The number of aryl methyl sites for hydroxylation is 1. The molecule has 4 aromatic rings. The molecule has 4 rings (SSSR count). The van der Waals surface area contributed by atoms with E-state index in [-0.39, 0.29) is 17.2 Å². The molecule has 0 aliphatic heterocycles. The molecule has 0 saturated carbocycles. The van der Waals surface area contributed by atoms with Gasteiger partial charge in [0.1, 0.15) is 5.75 Å². The van der Waals surface area contributed by atoms with Gasteiger partial charge in [-0.15, -0.1) is 10.2 Å². The van der Waals surface area contributed by atoms with Gasteiger partial charge in [0.25, 0.3) is 5.56 Å². The lowest BCUT2D eigenvalue weighted by atomic mass is 10.2. The quantitative estimate of drug-likeness (QED) is 0.424. The Labute approximate surface area is 187 Å². The normalized spacial score (nSPS) is 11.2. The molecule has 2 aromatic carbocycles. The number of carbonyl (C=O) groups is 1. The van der Waals surface area contributed by atoms with Gasteiger partial charge in [-0.2, -0.15) is 0 Å². The first kappa shape index (κ1) is 21.2. The summed E-state index contributed by atoms with van der Waals surface area (Å²) in [5.41, 5.74) is 1.06. The minimum absolute atomic E-state index is 0.105. The lowest BCUT2D eigenvalue weighted by Gasteiger charge is -2.11. The third-order valence-electron chi connectivity index (χ3n) is 4.69. The molecular weight excluding hydrogens is 438 g/mol. The number of amides is 1. The summed E-state index contributed by atoms with van der Waals surface area (Å²) in [4.78, 5) is 25.5. The predicted octanol–water partition coefficient (Wildman–Crippen LogP) is 3.85. The Morgan fingerprint density at radius 1 is 1.23 bits per heavy atom. The number of hydrogen-bond donors (Lipinski definition) is 1. The molecule has 1 amide bonds. The van der Waals surface area contributed by atoms with Crippen LogP contribution in [-0.2, 0) is 11.3 Å². The fourth-order valence-electron chi connectivity index (χ4n) is 3.34. The largest absolute Gasteiger partial charge is 0.495 e. The van der Waals surface area contributed by atoms with Crippen molar-refractivity contribution in [2.75, 3.05) is 18.2 Å². The number of fused-ring (bicyclic) bond motifs is 3. The Balaban J connectivity index is 1.68. The van der Waals surface area contributed by atoms with Crippen molar-refractivity contribution in [2.24, 2.45) is 0 Å². The van der Waals surface area contributed by atoms with E-state index < -0.39 is 0 Å². The Morgan fingerprint density at radius 2 is 2.03 bits per heavy atom. The van der Waals surface area contributed by atoms with Gasteiger partial charge in [-0.1, -0.05) is 42.4 Å². The number of nitrogens with zero attached hydrogens (tertiary/aromatic N) is 4. The van der Waals surface area contributed by atoms with Gasteiger partial charge in [0, 0.05) is 11.6 Å². The fourth-order valence-corrected chi connectivity index (χ4v) is 4.24. The lowest BCUT2D eigenvalue weighted by Crippen LogP contribution is -2.23. The number of para-hydroxylation sites is 2. The molecule has 10 heteroatoms. The van der Waals surface area contributed by atoms with E-state index in [2.05, 4.69) is 15.5 Å². The second-order valence-corrected chi connectivity index (χ2v) is 8.15. The highest BCUT2D eigenvalue weighted by molar-refractivity contribution is 7.99. The minimum Gasteiger partial charge on any atom is -0.495 e. The summed E-state index contributed by atoms with van der Waals surface area (Å²) in [6, 6.07) is 12.3. The minimum atomic E-state index is -0.213. The first-order chi connectivity index (χ1) is 15.0. The van der Waals surface area contributed by atoms with Gasteiger partial charge in [0.05, 0.1) is 29.5 Å². The maximum atomic E-state index is 12.9. The number of anilines is 1. The summed E-state index contributed by atoms with van der Waals surface area (Å²) in [6.07, 6.45) is 0.769. The molecule has 0 saturated heterocycles. The van der Waals surface area contributed by atoms with Crippen LogP contribution in [0.1, 0.15) is 13.3 Å². The number of hydrogen-bond acceptors (Lipinski definition) is 6. The highest BCUT2D eigenvalue weighted by atomic mass is 35.5. The number of methoxy groups -OCH3 is 1. The zero-order valence-electron chi connectivity index (χ0n) is 17.0. The lowest BCUT2D eigenvalue weighted by molar-refractivity contribution is -0.113. The van der Waals surface area contributed by atoms with Crippen LogP contribution >= 0.6 is 23.4 Å². The molecule has 0 bridgehead atoms. The Kier molecular flexibility index (Phi) is 6.15. The topological polar surface area (TPSA) is 90.5 Å². The van der Waals surface area contributed by atoms with Crippen LogP contribution in [-0.4, -0.2) is 37.9 Å². The Bertz CT molecular complexity index is 1330. The van der Waals surface area contributed by atoms with Crippen molar-refractivity contribution in [3.63, 3.8) is 0 Å². The maximum Gasteiger partial charge on any atom is 0.262 e. The summed E-state index contributed by atoms with van der Waals surface area (Å²) in [6.45, 7) is 2.50. The van der Waals surface area contributed by atoms with Crippen LogP contribution in [0.2, 0.25) is 5.02 Å².